The van der Waals surface area contributed by atoms with Crippen molar-refractivity contribution in [1.29, 1.82) is 0 Å². The van der Waals surface area contributed by atoms with Gasteiger partial charge in [0.1, 0.15) is 5.75 Å². The first-order valence-corrected chi connectivity index (χ1v) is 8.53. The molecular weight excluding hydrogens is 364 g/mol. The number of aromatic amines is 1. The molecule has 0 spiro atoms. The van der Waals surface area contributed by atoms with Crippen LogP contribution in [0.3, 0.4) is 0 Å². The summed E-state index contributed by atoms with van der Waals surface area (Å²) in [5.74, 6) is -0.201. The predicted molar refractivity (Wildman–Crippen MR) is 98.8 cm³/mol. The van der Waals surface area contributed by atoms with Gasteiger partial charge in [0.2, 0.25) is 5.95 Å². The largest absolute Gasteiger partial charge is 0.494 e. The van der Waals surface area contributed by atoms with E-state index in [1.165, 1.54) is 17.1 Å². The van der Waals surface area contributed by atoms with Gasteiger partial charge in [-0.2, -0.15) is 10.1 Å². The van der Waals surface area contributed by atoms with Crippen molar-refractivity contribution in [1.82, 2.24) is 29.3 Å². The van der Waals surface area contributed by atoms with Crippen LogP contribution < -0.4 is 10.3 Å². The smallest absolute Gasteiger partial charge is 0.338 e. The van der Waals surface area contributed by atoms with Crippen LogP contribution in [0.4, 0.5) is 0 Å². The van der Waals surface area contributed by atoms with E-state index in [1.807, 2.05) is 30.3 Å². The molecule has 142 valence electrons. The number of aromatic nitrogens is 6. The Morgan fingerprint density at radius 1 is 1.25 bits per heavy atom. The zero-order valence-corrected chi connectivity index (χ0v) is 14.6. The number of benzene rings is 1. The monoisotopic (exact) mass is 380 g/mol. The average Bonchev–Trinajstić information content (AvgIpc) is 3.34. The molecule has 0 amide bonds. The molecule has 0 saturated carbocycles. The molecule has 4 rings (SSSR count). The summed E-state index contributed by atoms with van der Waals surface area (Å²) in [5.41, 5.74) is 0.171. The van der Waals surface area contributed by atoms with Crippen molar-refractivity contribution >= 4 is 17.1 Å². The standard InChI is InChI=1S/C18H16N6O4/c25-16-14-15(21-18(22-16)24-10-12(9-20-24)17(26)27)23(11-19-14)7-4-8-28-13-5-2-1-3-6-13/h1-3,5-6,9-11H,4,7-8H2,(H,26,27)(H,21,22,25). The van der Waals surface area contributed by atoms with E-state index in [2.05, 4.69) is 20.1 Å². The van der Waals surface area contributed by atoms with E-state index in [1.54, 1.807) is 10.9 Å². The molecule has 0 unspecified atom stereocenters. The summed E-state index contributed by atoms with van der Waals surface area (Å²) in [5, 5.41) is 12.9. The van der Waals surface area contributed by atoms with Crippen molar-refractivity contribution < 1.29 is 14.6 Å². The second kappa shape index (κ2) is 7.35. The normalized spacial score (nSPS) is 11.0. The summed E-state index contributed by atoms with van der Waals surface area (Å²) in [6.45, 7) is 1.06. The molecule has 3 heterocycles. The lowest BCUT2D eigenvalue weighted by atomic mass is 10.3. The third-order valence-electron chi connectivity index (χ3n) is 4.06. The molecule has 0 radical (unpaired) electrons. The Morgan fingerprint density at radius 2 is 2.07 bits per heavy atom. The number of aromatic carboxylic acids is 1. The molecule has 0 aliphatic rings. The molecule has 4 aromatic rings. The molecule has 1 aromatic carbocycles. The van der Waals surface area contributed by atoms with E-state index < -0.39 is 11.5 Å². The highest BCUT2D eigenvalue weighted by Gasteiger charge is 2.13. The maximum Gasteiger partial charge on any atom is 0.338 e. The van der Waals surface area contributed by atoms with Gasteiger partial charge < -0.3 is 14.4 Å². The highest BCUT2D eigenvalue weighted by atomic mass is 16.5. The maximum absolute atomic E-state index is 12.3. The Labute approximate surface area is 158 Å². The lowest BCUT2D eigenvalue weighted by molar-refractivity contribution is 0.0697. The van der Waals surface area contributed by atoms with Crippen LogP contribution in [0.25, 0.3) is 17.1 Å². The molecule has 0 bridgehead atoms. The van der Waals surface area contributed by atoms with Crippen molar-refractivity contribution in [2.24, 2.45) is 0 Å². The number of fused-ring (bicyclic) bond motifs is 1. The van der Waals surface area contributed by atoms with E-state index in [9.17, 15) is 9.59 Å². The summed E-state index contributed by atoms with van der Waals surface area (Å²) in [6, 6.07) is 9.50. The summed E-state index contributed by atoms with van der Waals surface area (Å²) >= 11 is 0. The van der Waals surface area contributed by atoms with Crippen molar-refractivity contribution in [3.05, 3.63) is 65.0 Å². The highest BCUT2D eigenvalue weighted by Crippen LogP contribution is 2.11. The van der Waals surface area contributed by atoms with Crippen LogP contribution in [0.5, 0.6) is 5.75 Å². The zero-order valence-electron chi connectivity index (χ0n) is 14.6. The van der Waals surface area contributed by atoms with Gasteiger partial charge in [-0.1, -0.05) is 18.2 Å². The first kappa shape index (κ1) is 17.5. The number of carboxylic acids is 1. The van der Waals surface area contributed by atoms with Crippen molar-refractivity contribution in [2.45, 2.75) is 13.0 Å². The number of H-pyrrole nitrogens is 1. The van der Waals surface area contributed by atoms with Gasteiger partial charge in [0.05, 0.1) is 24.7 Å². The van der Waals surface area contributed by atoms with Crippen LogP contribution >= 0.6 is 0 Å². The molecule has 28 heavy (non-hydrogen) atoms. The molecule has 0 aliphatic heterocycles. The predicted octanol–water partition coefficient (Wildman–Crippen LogP) is 1.47. The van der Waals surface area contributed by atoms with Crippen LogP contribution in [0.1, 0.15) is 16.8 Å². The van der Waals surface area contributed by atoms with Crippen LogP contribution in [0, 0.1) is 0 Å². The molecule has 10 nitrogen and oxygen atoms in total. The SMILES string of the molecule is O=C(O)c1cnn(-c2nc3c(ncn3CCCOc3ccccc3)c(=O)[nH]2)c1. The molecule has 0 aliphatic carbocycles. The van der Waals surface area contributed by atoms with Gasteiger partial charge in [0.15, 0.2) is 11.2 Å². The molecular formula is C18H16N6O4. The van der Waals surface area contributed by atoms with E-state index in [4.69, 9.17) is 9.84 Å². The van der Waals surface area contributed by atoms with E-state index in [0.717, 1.165) is 5.75 Å². The third kappa shape index (κ3) is 3.47. The average molecular weight is 380 g/mol. The van der Waals surface area contributed by atoms with Crippen molar-refractivity contribution in [3.8, 4) is 11.7 Å². The molecule has 3 aromatic heterocycles. The Hall–Kier alpha value is -3.95. The number of carbonyl (C=O) groups is 1. The fourth-order valence-electron chi connectivity index (χ4n) is 2.71. The first-order chi connectivity index (χ1) is 13.6. The van der Waals surface area contributed by atoms with Gasteiger partial charge in [-0.3, -0.25) is 9.78 Å². The highest BCUT2D eigenvalue weighted by molar-refractivity contribution is 5.86. The number of hydrogen-bond acceptors (Lipinski definition) is 6. The number of para-hydroxylation sites is 1. The Morgan fingerprint density at radius 3 is 2.82 bits per heavy atom. The fraction of sp³-hybridized carbons (Fsp3) is 0.167. The molecule has 0 atom stereocenters. The number of imidazole rings is 1. The molecule has 10 heteroatoms. The number of carboxylic acid groups (broad SMARTS) is 1. The van der Waals surface area contributed by atoms with Gasteiger partial charge >= 0.3 is 5.97 Å². The maximum atomic E-state index is 12.3. The topological polar surface area (TPSA) is 128 Å². The van der Waals surface area contributed by atoms with Gasteiger partial charge in [0, 0.05) is 12.7 Å². The number of aryl methyl sites for hydroxylation is 1. The van der Waals surface area contributed by atoms with Crippen LogP contribution in [0.15, 0.2) is 53.8 Å². The summed E-state index contributed by atoms with van der Waals surface area (Å²) in [6.07, 6.45) is 4.70. The van der Waals surface area contributed by atoms with Crippen LogP contribution in [-0.4, -0.2) is 47.0 Å². The summed E-state index contributed by atoms with van der Waals surface area (Å²) in [4.78, 5) is 34.4. The van der Waals surface area contributed by atoms with Gasteiger partial charge in [-0.15, -0.1) is 0 Å². The minimum absolute atomic E-state index is 0.00526. The summed E-state index contributed by atoms with van der Waals surface area (Å²) in [7, 11) is 0. The van der Waals surface area contributed by atoms with E-state index in [-0.39, 0.29) is 17.0 Å². The summed E-state index contributed by atoms with van der Waals surface area (Å²) < 4.78 is 8.63. The van der Waals surface area contributed by atoms with E-state index in [0.29, 0.717) is 25.2 Å². The Bertz CT molecular complexity index is 1180. The lowest BCUT2D eigenvalue weighted by Crippen LogP contribution is -2.15. The second-order valence-electron chi connectivity index (χ2n) is 5.99. The number of rotatable bonds is 7. The fourth-order valence-corrected chi connectivity index (χ4v) is 2.71. The number of nitrogens with zero attached hydrogens (tertiary/aromatic N) is 5. The van der Waals surface area contributed by atoms with Gasteiger partial charge in [-0.05, 0) is 18.6 Å². The molecule has 0 fully saturated rings. The number of hydrogen-bond donors (Lipinski definition) is 2. The number of nitrogens with one attached hydrogen (secondary N) is 1. The molecule has 0 saturated heterocycles. The van der Waals surface area contributed by atoms with Crippen LogP contribution in [-0.2, 0) is 6.54 Å². The van der Waals surface area contributed by atoms with Gasteiger partial charge in [0.25, 0.3) is 5.56 Å². The zero-order chi connectivity index (χ0) is 19.5. The quantitative estimate of drug-likeness (QED) is 0.465. The van der Waals surface area contributed by atoms with Gasteiger partial charge in [-0.25, -0.2) is 14.5 Å². The minimum Gasteiger partial charge on any atom is -0.494 e. The Kier molecular flexibility index (Phi) is 4.58. The molecule has 2 N–H and O–H groups in total. The third-order valence-corrected chi connectivity index (χ3v) is 4.06. The van der Waals surface area contributed by atoms with Crippen LogP contribution in [0.2, 0.25) is 0 Å². The van der Waals surface area contributed by atoms with Crippen molar-refractivity contribution in [3.63, 3.8) is 0 Å². The Balaban J connectivity index is 1.53. The first-order valence-electron chi connectivity index (χ1n) is 8.53. The second-order valence-corrected chi connectivity index (χ2v) is 5.99. The lowest BCUT2D eigenvalue weighted by Gasteiger charge is -2.07. The van der Waals surface area contributed by atoms with Crippen molar-refractivity contribution in [2.75, 3.05) is 6.61 Å². The number of ether oxygens (including phenoxy) is 1. The minimum atomic E-state index is -1.11. The van der Waals surface area contributed by atoms with E-state index >= 15 is 0 Å².